The first kappa shape index (κ1) is 7.26. The van der Waals surface area contributed by atoms with Crippen LogP contribution in [0.25, 0.3) is 0 Å². The molecule has 0 N–H and O–H groups in total. The van der Waals surface area contributed by atoms with E-state index in [1.54, 1.807) is 6.92 Å². The summed E-state index contributed by atoms with van der Waals surface area (Å²) < 4.78 is 8.62. The van der Waals surface area contributed by atoms with Crippen LogP contribution in [0.1, 0.15) is 6.92 Å². The molecular weight excluding hydrogens is 328 g/mol. The van der Waals surface area contributed by atoms with Crippen LogP contribution in [0, 0.1) is 28.0 Å². The molecule has 0 aromatic carbocycles. The molecule has 0 atom stereocenters. The summed E-state index contributed by atoms with van der Waals surface area (Å²) in [6.07, 6.45) is -0.566. The zero-order valence-electron chi connectivity index (χ0n) is 3.84. The van der Waals surface area contributed by atoms with Crippen LogP contribution in [-0.2, 0) is 7.21 Å². The molecule has 0 spiro atoms. The Morgan fingerprint density at radius 2 is 2.43 bits per heavy atom. The van der Waals surface area contributed by atoms with Crippen molar-refractivity contribution in [2.75, 3.05) is 6.61 Å². The number of rotatable bonds is 1. The number of hydrogen-bond donors (Lipinski definition) is 0. The van der Waals surface area contributed by atoms with Gasteiger partial charge in [0, 0.05) is 0 Å². The third kappa shape index (κ3) is 4.10. The van der Waals surface area contributed by atoms with Gasteiger partial charge in [-0.05, 0) is 0 Å². The minimum absolute atomic E-state index is 0.388. The van der Waals surface area contributed by atoms with Gasteiger partial charge in [0.2, 0.25) is 0 Å². The fourth-order valence-electron chi connectivity index (χ4n) is 0.142. The van der Waals surface area contributed by atoms with Gasteiger partial charge in [-0.1, -0.05) is 0 Å². The molecule has 41 valence electrons. The van der Waals surface area contributed by atoms with Gasteiger partial charge in [0.05, 0.1) is 0 Å². The quantitative estimate of drug-likeness (QED) is 0.660. The fraction of sp³-hybridized carbons (Fsp3) is 0.667. The van der Waals surface area contributed by atoms with Gasteiger partial charge in [-0.25, -0.2) is 0 Å². The molecule has 0 aliphatic carbocycles. The van der Waals surface area contributed by atoms with Crippen LogP contribution in [0.15, 0.2) is 0 Å². The summed E-state index contributed by atoms with van der Waals surface area (Å²) in [5.74, 6) is 0. The van der Waals surface area contributed by atoms with Crippen molar-refractivity contribution >= 4 is 6.16 Å². The van der Waals surface area contributed by atoms with Crippen molar-refractivity contribution in [1.29, 1.82) is 0 Å². The SMILES string of the molecule is CCOC(=O)[O][Pu]. The Morgan fingerprint density at radius 1 is 1.86 bits per heavy atom. The average molecular weight is 333 g/mol. The molecule has 0 fully saturated rings. The Labute approximate surface area is 59.8 Å². The first-order valence-electron chi connectivity index (χ1n) is 1.77. The number of hydrogen-bond acceptors (Lipinski definition) is 3. The van der Waals surface area contributed by atoms with Gasteiger partial charge in [-0.15, -0.1) is 0 Å². The monoisotopic (exact) mass is 327 g/mol. The van der Waals surface area contributed by atoms with E-state index < -0.39 is 6.16 Å². The van der Waals surface area contributed by atoms with Crippen molar-refractivity contribution in [3.63, 3.8) is 0 Å². The molecule has 0 saturated heterocycles. The van der Waals surface area contributed by atoms with Crippen molar-refractivity contribution in [2.24, 2.45) is 0 Å². The van der Waals surface area contributed by atoms with Crippen LogP contribution < -0.4 is 0 Å². The van der Waals surface area contributed by atoms with E-state index in [1.165, 1.54) is 0 Å². The first-order chi connectivity index (χ1) is 3.31. The molecule has 0 heterocycles. The summed E-state index contributed by atoms with van der Waals surface area (Å²) in [4.78, 5) is 10.00. The van der Waals surface area contributed by atoms with Crippen molar-refractivity contribution in [3.05, 3.63) is 0 Å². The van der Waals surface area contributed by atoms with Crippen LogP contribution in [0.2, 0.25) is 0 Å². The van der Waals surface area contributed by atoms with Gasteiger partial charge >= 0.3 is 59.7 Å². The molecule has 0 aromatic rings. The summed E-state index contributed by atoms with van der Waals surface area (Å²) in [5, 5.41) is 0. The zero-order chi connectivity index (χ0) is 5.70. The summed E-state index contributed by atoms with van der Waals surface area (Å²) in [5.41, 5.74) is 0. The Balaban J connectivity index is 3.00. The average Bonchev–Trinajstić information content (AvgIpc) is 1.68. The van der Waals surface area contributed by atoms with E-state index >= 15 is 0 Å². The molecule has 0 amide bonds. The predicted molar refractivity (Wildman–Crippen MR) is 18.1 cm³/mol. The van der Waals surface area contributed by atoms with Crippen LogP contribution in [0.5, 0.6) is 0 Å². The first-order valence-corrected chi connectivity index (χ1v) is 3.16. The molecule has 0 rings (SSSR count). The molecule has 0 unspecified atom stereocenters. The zero-order valence-corrected chi connectivity index (χ0v) is 7.24. The van der Waals surface area contributed by atoms with E-state index in [0.29, 0.717) is 34.6 Å². The molecule has 0 aliphatic rings. The molecule has 0 bridgehead atoms. The van der Waals surface area contributed by atoms with E-state index in [4.69, 9.17) is 0 Å². The Bertz CT molecular complexity index is 63.2. The second-order valence-electron chi connectivity index (χ2n) is 0.766. The maximum atomic E-state index is 10.00. The number of carbonyl (C=O) groups excluding carboxylic acids is 1. The van der Waals surface area contributed by atoms with Crippen molar-refractivity contribution in [2.45, 2.75) is 6.92 Å². The second-order valence-corrected chi connectivity index (χ2v) is 1.46. The molecule has 0 aliphatic heterocycles. The summed E-state index contributed by atoms with van der Waals surface area (Å²) in [7, 11) is 0. The third-order valence-corrected chi connectivity index (χ3v) is 0.897. The van der Waals surface area contributed by atoms with E-state index in [-0.39, 0.29) is 0 Å². The molecule has 4 heteroatoms. The predicted octanol–water partition coefficient (Wildman–Crippen LogP) is 0.624. The van der Waals surface area contributed by atoms with E-state index in [2.05, 4.69) is 7.21 Å². The van der Waals surface area contributed by atoms with Crippen LogP contribution in [0.4, 0.5) is 4.79 Å². The van der Waals surface area contributed by atoms with Gasteiger partial charge in [0.1, 0.15) is 0 Å². The molecule has 7 heavy (non-hydrogen) atoms. The van der Waals surface area contributed by atoms with Gasteiger partial charge < -0.3 is 0 Å². The molecule has 0 saturated carbocycles. The van der Waals surface area contributed by atoms with Crippen LogP contribution >= 0.6 is 0 Å². The number of ether oxygens (including phenoxy) is 1. The van der Waals surface area contributed by atoms with Crippen molar-refractivity contribution < 1.29 is 40.0 Å². The number of carbonyl (C=O) groups is 1. The Kier molecular flexibility index (Phi) is 4.58. The standard InChI is InChI=1S/C3H6O3.Pu/c1-2-6-3(4)5;/h2H2,1H3,(H,4,5);/q;+1/p-1. The summed E-state index contributed by atoms with van der Waals surface area (Å²) in [6.45, 7) is 2.12. The topological polar surface area (TPSA) is 35.5 Å². The molecular formula is C3H5O3Pu. The van der Waals surface area contributed by atoms with Crippen LogP contribution in [0.3, 0.4) is 0 Å². The molecule has 0 radical (unpaired) electrons. The third-order valence-electron chi connectivity index (χ3n) is 0.330. The van der Waals surface area contributed by atoms with Crippen LogP contribution in [-0.4, -0.2) is 12.8 Å². The maximum absolute atomic E-state index is 10.00. The minimum atomic E-state index is -0.566. The summed E-state index contributed by atoms with van der Waals surface area (Å²) in [6, 6.07) is 0. The Morgan fingerprint density at radius 3 is 2.57 bits per heavy atom. The molecule has 0 aromatic heterocycles. The van der Waals surface area contributed by atoms with Crippen molar-refractivity contribution in [1.82, 2.24) is 0 Å². The van der Waals surface area contributed by atoms with Crippen molar-refractivity contribution in [3.8, 4) is 0 Å². The molecule has 3 nitrogen and oxygen atoms in total. The van der Waals surface area contributed by atoms with E-state index in [0.717, 1.165) is 0 Å². The summed E-state index contributed by atoms with van der Waals surface area (Å²) >= 11 is 0.483. The van der Waals surface area contributed by atoms with E-state index in [9.17, 15) is 4.79 Å². The fourth-order valence-corrected chi connectivity index (χ4v) is 0.342. The van der Waals surface area contributed by atoms with Gasteiger partial charge in [-0.3, -0.25) is 0 Å². The van der Waals surface area contributed by atoms with Gasteiger partial charge in [0.25, 0.3) is 0 Å². The van der Waals surface area contributed by atoms with Gasteiger partial charge in [0.15, 0.2) is 0 Å². The second kappa shape index (κ2) is 4.42. The normalized spacial score (nSPS) is 7.86. The van der Waals surface area contributed by atoms with Gasteiger partial charge in [-0.2, -0.15) is 0 Å². The Hall–Kier alpha value is 0.257. The van der Waals surface area contributed by atoms with E-state index in [1.807, 2.05) is 0 Å².